The van der Waals surface area contributed by atoms with Crippen LogP contribution in [-0.4, -0.2) is 24.9 Å². The molecule has 15 heavy (non-hydrogen) atoms. The first-order valence-electron chi connectivity index (χ1n) is 5.63. The van der Waals surface area contributed by atoms with Gasteiger partial charge in [-0.05, 0) is 38.0 Å². The predicted molar refractivity (Wildman–Crippen MR) is 56.0 cm³/mol. The van der Waals surface area contributed by atoms with Crippen LogP contribution in [0.25, 0.3) is 0 Å². The van der Waals surface area contributed by atoms with E-state index in [2.05, 4.69) is 10.6 Å². The molecule has 0 aliphatic heterocycles. The predicted octanol–water partition coefficient (Wildman–Crippen LogP) is 0.283. The van der Waals surface area contributed by atoms with E-state index in [-0.39, 0.29) is 17.7 Å². The van der Waals surface area contributed by atoms with Crippen molar-refractivity contribution in [3.05, 3.63) is 0 Å². The van der Waals surface area contributed by atoms with Gasteiger partial charge in [0.25, 0.3) is 0 Å². The normalized spacial score (nSPS) is 34.1. The van der Waals surface area contributed by atoms with Crippen molar-refractivity contribution < 1.29 is 9.59 Å². The van der Waals surface area contributed by atoms with E-state index in [9.17, 15) is 9.59 Å². The zero-order valence-electron chi connectivity index (χ0n) is 9.25. The smallest absolute Gasteiger partial charge is 0.242 e. The molecule has 0 saturated heterocycles. The molecule has 3 unspecified atom stereocenters. The Labute approximate surface area is 89.8 Å². The third kappa shape index (κ3) is 2.13. The summed E-state index contributed by atoms with van der Waals surface area (Å²) in [5.74, 6) is 1.68. The lowest BCUT2D eigenvalue weighted by atomic mass is 10.0. The van der Waals surface area contributed by atoms with Crippen molar-refractivity contribution in [1.29, 1.82) is 0 Å². The lowest BCUT2D eigenvalue weighted by Crippen LogP contribution is -2.45. The third-order valence-corrected chi connectivity index (χ3v) is 3.61. The first-order valence-corrected chi connectivity index (χ1v) is 5.63. The highest BCUT2D eigenvalue weighted by Gasteiger charge is 2.48. The number of hydrogen-bond donors (Lipinski definition) is 2. The van der Waals surface area contributed by atoms with Crippen LogP contribution in [0, 0.1) is 17.8 Å². The summed E-state index contributed by atoms with van der Waals surface area (Å²) >= 11 is 0. The highest BCUT2D eigenvalue weighted by molar-refractivity contribution is 5.88. The van der Waals surface area contributed by atoms with Crippen LogP contribution in [0.5, 0.6) is 0 Å². The Balaban J connectivity index is 1.79. The first-order chi connectivity index (χ1) is 7.11. The molecule has 2 aliphatic carbocycles. The second-order valence-corrected chi connectivity index (χ2v) is 4.77. The van der Waals surface area contributed by atoms with Crippen molar-refractivity contribution in [2.24, 2.45) is 17.8 Å². The molecule has 0 aromatic carbocycles. The summed E-state index contributed by atoms with van der Waals surface area (Å²) in [6.07, 6.45) is 3.36. The van der Waals surface area contributed by atoms with Crippen LogP contribution in [0.2, 0.25) is 0 Å². The number of amides is 2. The largest absolute Gasteiger partial charge is 0.357 e. The highest BCUT2D eigenvalue weighted by atomic mass is 16.2. The molecule has 0 radical (unpaired) electrons. The molecule has 84 valence electrons. The van der Waals surface area contributed by atoms with Gasteiger partial charge in [0.15, 0.2) is 0 Å². The topological polar surface area (TPSA) is 58.2 Å². The Morgan fingerprint density at radius 2 is 1.80 bits per heavy atom. The second-order valence-electron chi connectivity index (χ2n) is 4.77. The minimum absolute atomic E-state index is 0.0540. The number of carbonyl (C=O) groups excluding carboxylic acids is 2. The third-order valence-electron chi connectivity index (χ3n) is 3.61. The standard InChI is InChI=1S/C11H18N2O2/c1-6(10(14)12-2)13-11(15)9-4-7-3-8(7)5-9/h6-9H,3-5H2,1-2H3,(H,12,14)(H,13,15). The highest BCUT2D eigenvalue weighted by Crippen LogP contribution is 2.54. The molecule has 4 nitrogen and oxygen atoms in total. The van der Waals surface area contributed by atoms with Gasteiger partial charge in [-0.15, -0.1) is 0 Å². The summed E-state index contributed by atoms with van der Waals surface area (Å²) in [7, 11) is 1.58. The Bertz CT molecular complexity index is 280. The maximum atomic E-state index is 11.8. The van der Waals surface area contributed by atoms with Gasteiger partial charge >= 0.3 is 0 Å². The molecular formula is C11H18N2O2. The van der Waals surface area contributed by atoms with Crippen molar-refractivity contribution in [2.75, 3.05) is 7.05 Å². The Morgan fingerprint density at radius 1 is 1.20 bits per heavy atom. The van der Waals surface area contributed by atoms with Crippen molar-refractivity contribution >= 4 is 11.8 Å². The summed E-state index contributed by atoms with van der Waals surface area (Å²) in [5.41, 5.74) is 0. The van der Waals surface area contributed by atoms with Crippen molar-refractivity contribution in [3.63, 3.8) is 0 Å². The minimum atomic E-state index is -0.417. The summed E-state index contributed by atoms with van der Waals surface area (Å²) in [6, 6.07) is -0.417. The molecular weight excluding hydrogens is 192 g/mol. The van der Waals surface area contributed by atoms with E-state index in [4.69, 9.17) is 0 Å². The van der Waals surface area contributed by atoms with E-state index in [1.165, 1.54) is 6.42 Å². The number of rotatable bonds is 3. The monoisotopic (exact) mass is 210 g/mol. The molecule has 0 aromatic heterocycles. The van der Waals surface area contributed by atoms with Crippen LogP contribution in [0.1, 0.15) is 26.2 Å². The summed E-state index contributed by atoms with van der Waals surface area (Å²) in [6.45, 7) is 1.71. The maximum absolute atomic E-state index is 11.8. The van der Waals surface area contributed by atoms with Crippen LogP contribution in [-0.2, 0) is 9.59 Å². The fourth-order valence-electron chi connectivity index (χ4n) is 2.54. The Morgan fingerprint density at radius 3 is 2.33 bits per heavy atom. The Hall–Kier alpha value is -1.06. The number of carbonyl (C=O) groups is 2. The molecule has 0 aromatic rings. The number of fused-ring (bicyclic) bond motifs is 1. The van der Waals surface area contributed by atoms with Gasteiger partial charge in [-0.25, -0.2) is 0 Å². The number of hydrogen-bond acceptors (Lipinski definition) is 2. The number of nitrogens with one attached hydrogen (secondary N) is 2. The minimum Gasteiger partial charge on any atom is -0.357 e. The van der Waals surface area contributed by atoms with Gasteiger partial charge in [0, 0.05) is 13.0 Å². The lowest BCUT2D eigenvalue weighted by molar-refractivity contribution is -0.130. The summed E-state index contributed by atoms with van der Waals surface area (Å²) in [5, 5.41) is 5.29. The van der Waals surface area contributed by atoms with E-state index < -0.39 is 6.04 Å². The van der Waals surface area contributed by atoms with Gasteiger partial charge in [0.05, 0.1) is 0 Å². The quantitative estimate of drug-likeness (QED) is 0.703. The van der Waals surface area contributed by atoms with Gasteiger partial charge in [-0.1, -0.05) is 0 Å². The summed E-state index contributed by atoms with van der Waals surface area (Å²) in [4.78, 5) is 23.0. The van der Waals surface area contributed by atoms with E-state index in [0.29, 0.717) is 0 Å². The summed E-state index contributed by atoms with van der Waals surface area (Å²) < 4.78 is 0. The first kappa shape index (κ1) is 10.5. The SMILES string of the molecule is CNC(=O)C(C)NC(=O)C1CC2CC2C1. The van der Waals surface area contributed by atoms with Crippen LogP contribution in [0.4, 0.5) is 0 Å². The van der Waals surface area contributed by atoms with Crippen LogP contribution in [0.3, 0.4) is 0 Å². The van der Waals surface area contributed by atoms with Gasteiger partial charge in [0.1, 0.15) is 6.04 Å². The van der Waals surface area contributed by atoms with Crippen LogP contribution < -0.4 is 10.6 Å². The molecule has 2 saturated carbocycles. The fraction of sp³-hybridized carbons (Fsp3) is 0.818. The maximum Gasteiger partial charge on any atom is 0.242 e. The fourth-order valence-corrected chi connectivity index (χ4v) is 2.54. The second kappa shape index (κ2) is 3.83. The average Bonchev–Trinajstić information content (AvgIpc) is 2.84. The van der Waals surface area contributed by atoms with Crippen molar-refractivity contribution in [3.8, 4) is 0 Å². The molecule has 0 bridgehead atoms. The zero-order chi connectivity index (χ0) is 11.0. The zero-order valence-corrected chi connectivity index (χ0v) is 9.25. The lowest BCUT2D eigenvalue weighted by Gasteiger charge is -2.16. The van der Waals surface area contributed by atoms with E-state index >= 15 is 0 Å². The van der Waals surface area contributed by atoms with Gasteiger partial charge in [-0.2, -0.15) is 0 Å². The van der Waals surface area contributed by atoms with Gasteiger partial charge in [0.2, 0.25) is 11.8 Å². The molecule has 4 heteroatoms. The van der Waals surface area contributed by atoms with Gasteiger partial charge in [-0.3, -0.25) is 9.59 Å². The van der Waals surface area contributed by atoms with E-state index in [0.717, 1.165) is 24.7 Å². The molecule has 0 spiro atoms. The average molecular weight is 210 g/mol. The number of likely N-dealkylation sites (N-methyl/N-ethyl adjacent to an activating group) is 1. The van der Waals surface area contributed by atoms with Crippen LogP contribution in [0.15, 0.2) is 0 Å². The van der Waals surface area contributed by atoms with Crippen LogP contribution >= 0.6 is 0 Å². The van der Waals surface area contributed by atoms with Crippen molar-refractivity contribution in [2.45, 2.75) is 32.2 Å². The van der Waals surface area contributed by atoms with Gasteiger partial charge < -0.3 is 10.6 Å². The van der Waals surface area contributed by atoms with E-state index in [1.54, 1.807) is 14.0 Å². The Kier molecular flexibility index (Phi) is 2.67. The molecule has 2 amide bonds. The molecule has 0 heterocycles. The molecule has 3 atom stereocenters. The molecule has 2 N–H and O–H groups in total. The molecule has 2 rings (SSSR count). The molecule has 2 fully saturated rings. The van der Waals surface area contributed by atoms with Crippen molar-refractivity contribution in [1.82, 2.24) is 10.6 Å². The molecule has 2 aliphatic rings. The van der Waals surface area contributed by atoms with E-state index in [1.807, 2.05) is 0 Å².